The van der Waals surface area contributed by atoms with Gasteiger partial charge in [0.2, 0.25) is 0 Å². The van der Waals surface area contributed by atoms with Crippen LogP contribution >= 0.6 is 11.6 Å². The Morgan fingerprint density at radius 1 is 1.38 bits per heavy atom. The molecule has 0 saturated heterocycles. The topological polar surface area (TPSA) is 35.5 Å². The van der Waals surface area contributed by atoms with Crippen LogP contribution in [0.15, 0.2) is 24.5 Å². The maximum Gasteiger partial charge on any atom is 0.341 e. The Kier molecular flexibility index (Phi) is 6.84. The van der Waals surface area contributed by atoms with Gasteiger partial charge in [0.1, 0.15) is 5.57 Å². The minimum atomic E-state index is -0.480. The molecule has 0 aliphatic heterocycles. The number of methoxy groups -OCH3 is 2. The molecule has 0 radical (unpaired) electrons. The second-order valence-electron chi connectivity index (χ2n) is 4.85. The van der Waals surface area contributed by atoms with E-state index in [2.05, 4.69) is 25.7 Å². The molecule has 1 aromatic rings. The molecule has 0 atom stereocenters. The molecule has 0 aliphatic rings. The minimum absolute atomic E-state index is 0.311. The largest absolute Gasteiger partial charge is 0.503 e. The van der Waals surface area contributed by atoms with Crippen molar-refractivity contribution < 1.29 is 14.3 Å². The van der Waals surface area contributed by atoms with Gasteiger partial charge < -0.3 is 9.47 Å². The highest BCUT2D eigenvalue weighted by Crippen LogP contribution is 2.23. The Balaban J connectivity index is 3.30. The van der Waals surface area contributed by atoms with Crippen molar-refractivity contribution >= 4 is 23.1 Å². The lowest BCUT2D eigenvalue weighted by atomic mass is 10.0. The number of esters is 1. The van der Waals surface area contributed by atoms with Crippen LogP contribution in [-0.4, -0.2) is 20.2 Å². The van der Waals surface area contributed by atoms with E-state index in [0.29, 0.717) is 27.6 Å². The zero-order valence-electron chi connectivity index (χ0n) is 12.7. The van der Waals surface area contributed by atoms with Crippen molar-refractivity contribution in [3.63, 3.8) is 0 Å². The summed E-state index contributed by atoms with van der Waals surface area (Å²) in [4.78, 5) is 11.9. The molecule has 0 fully saturated rings. The molecule has 0 amide bonds. The molecular weight excluding hydrogens is 288 g/mol. The molecule has 1 aromatic carbocycles. The maximum atomic E-state index is 11.9. The third kappa shape index (κ3) is 5.17. The number of ether oxygens (including phenoxy) is 2. The second-order valence-corrected chi connectivity index (χ2v) is 5.28. The van der Waals surface area contributed by atoms with Gasteiger partial charge in [-0.2, -0.15) is 0 Å². The highest BCUT2D eigenvalue weighted by atomic mass is 35.5. The minimum Gasteiger partial charge on any atom is -0.503 e. The van der Waals surface area contributed by atoms with Gasteiger partial charge in [0.05, 0.1) is 20.5 Å². The summed E-state index contributed by atoms with van der Waals surface area (Å²) in [5.41, 5.74) is 1.63. The molecule has 0 bridgehead atoms. The van der Waals surface area contributed by atoms with Crippen LogP contribution in [0.1, 0.15) is 31.4 Å². The van der Waals surface area contributed by atoms with Gasteiger partial charge in [0, 0.05) is 22.6 Å². The van der Waals surface area contributed by atoms with Crippen molar-refractivity contribution in [3.05, 3.63) is 40.6 Å². The quantitative estimate of drug-likeness (QED) is 0.366. The van der Waals surface area contributed by atoms with Gasteiger partial charge in [-0.15, -0.1) is 0 Å². The normalized spacial score (nSPS) is 10.9. The first-order valence-electron chi connectivity index (χ1n) is 6.59. The number of hydrogen-bond donors (Lipinski definition) is 0. The number of halogens is 1. The maximum absolute atomic E-state index is 11.9. The average Bonchev–Trinajstić information content (AvgIpc) is 2.44. The van der Waals surface area contributed by atoms with E-state index < -0.39 is 5.97 Å². The van der Waals surface area contributed by atoms with Crippen molar-refractivity contribution in [2.45, 2.75) is 20.3 Å². The molecular formula is C17H19ClO3. The average molecular weight is 307 g/mol. The van der Waals surface area contributed by atoms with Crippen LogP contribution in [0.25, 0.3) is 5.57 Å². The van der Waals surface area contributed by atoms with Gasteiger partial charge in [0.15, 0.2) is 0 Å². The molecule has 3 nitrogen and oxygen atoms in total. The number of carbonyl (C=O) groups excluding carboxylic acids is 1. The summed E-state index contributed by atoms with van der Waals surface area (Å²) in [6.45, 7) is 4.19. The van der Waals surface area contributed by atoms with Gasteiger partial charge in [0.25, 0.3) is 0 Å². The fourth-order valence-corrected chi connectivity index (χ4v) is 1.83. The van der Waals surface area contributed by atoms with E-state index in [4.69, 9.17) is 21.1 Å². The molecule has 0 spiro atoms. The third-order valence-corrected chi connectivity index (χ3v) is 2.88. The summed E-state index contributed by atoms with van der Waals surface area (Å²) in [6.07, 6.45) is 2.12. The molecule has 112 valence electrons. The van der Waals surface area contributed by atoms with E-state index in [-0.39, 0.29) is 0 Å². The molecule has 0 N–H and O–H groups in total. The molecule has 4 heteroatoms. The molecule has 1 rings (SSSR count). The van der Waals surface area contributed by atoms with E-state index in [9.17, 15) is 4.79 Å². The fraction of sp³-hybridized carbons (Fsp3) is 0.353. The number of hydrogen-bond acceptors (Lipinski definition) is 3. The zero-order chi connectivity index (χ0) is 15.8. The van der Waals surface area contributed by atoms with Crippen LogP contribution in [0, 0.1) is 17.8 Å². The van der Waals surface area contributed by atoms with Gasteiger partial charge in [-0.05, 0) is 18.1 Å². The first kappa shape index (κ1) is 17.1. The fourth-order valence-electron chi connectivity index (χ4n) is 1.65. The van der Waals surface area contributed by atoms with E-state index in [1.165, 1.54) is 20.5 Å². The summed E-state index contributed by atoms with van der Waals surface area (Å²) < 4.78 is 9.74. The summed E-state index contributed by atoms with van der Waals surface area (Å²) >= 11 is 6.02. The summed E-state index contributed by atoms with van der Waals surface area (Å²) in [5.74, 6) is 6.16. The third-order valence-electron chi connectivity index (χ3n) is 2.65. The molecule has 21 heavy (non-hydrogen) atoms. The molecule has 0 unspecified atom stereocenters. The Morgan fingerprint density at radius 3 is 2.67 bits per heavy atom. The Bertz CT molecular complexity index is 592. The lowest BCUT2D eigenvalue weighted by Gasteiger charge is -2.08. The number of benzene rings is 1. The highest BCUT2D eigenvalue weighted by molar-refractivity contribution is 6.31. The van der Waals surface area contributed by atoms with Gasteiger partial charge in [-0.3, -0.25) is 0 Å². The Hall–Kier alpha value is -1.92. The zero-order valence-corrected chi connectivity index (χ0v) is 13.5. The van der Waals surface area contributed by atoms with Crippen molar-refractivity contribution in [2.75, 3.05) is 14.2 Å². The second kappa shape index (κ2) is 8.39. The van der Waals surface area contributed by atoms with Crippen molar-refractivity contribution in [2.24, 2.45) is 5.92 Å². The van der Waals surface area contributed by atoms with Crippen molar-refractivity contribution in [1.82, 2.24) is 0 Å². The highest BCUT2D eigenvalue weighted by Gasteiger charge is 2.16. The molecule has 0 aliphatic carbocycles. The monoisotopic (exact) mass is 306 g/mol. The van der Waals surface area contributed by atoms with E-state index in [1.54, 1.807) is 18.2 Å². The summed E-state index contributed by atoms with van der Waals surface area (Å²) in [6, 6.07) is 5.18. The van der Waals surface area contributed by atoms with Crippen molar-refractivity contribution in [1.29, 1.82) is 0 Å². The first-order valence-corrected chi connectivity index (χ1v) is 6.97. The predicted molar refractivity (Wildman–Crippen MR) is 84.8 cm³/mol. The summed E-state index contributed by atoms with van der Waals surface area (Å²) in [5, 5.41) is 0.564. The van der Waals surface area contributed by atoms with Crippen LogP contribution in [0.3, 0.4) is 0 Å². The Morgan fingerprint density at radius 2 is 2.10 bits per heavy atom. The van der Waals surface area contributed by atoms with Gasteiger partial charge in [-0.1, -0.05) is 43.4 Å². The van der Waals surface area contributed by atoms with Crippen LogP contribution in [0.2, 0.25) is 5.02 Å². The van der Waals surface area contributed by atoms with Gasteiger partial charge >= 0.3 is 5.97 Å². The number of rotatable bonds is 4. The molecule has 0 aromatic heterocycles. The van der Waals surface area contributed by atoms with Crippen molar-refractivity contribution in [3.8, 4) is 11.8 Å². The summed E-state index contributed by atoms with van der Waals surface area (Å²) in [7, 11) is 2.80. The van der Waals surface area contributed by atoms with Crippen LogP contribution in [0.4, 0.5) is 0 Å². The predicted octanol–water partition coefficient (Wildman–Crippen LogP) is 3.90. The van der Waals surface area contributed by atoms with Crippen LogP contribution in [0.5, 0.6) is 0 Å². The smallest absolute Gasteiger partial charge is 0.341 e. The lowest BCUT2D eigenvalue weighted by molar-refractivity contribution is -0.133. The van der Waals surface area contributed by atoms with E-state index in [1.807, 2.05) is 0 Å². The Labute approximate surface area is 130 Å². The first-order chi connectivity index (χ1) is 9.99. The van der Waals surface area contributed by atoms with E-state index >= 15 is 0 Å². The SMILES string of the molecule is CO/C=C(/C(=O)OC)c1ccc(Cl)cc1C#CCC(C)C. The lowest BCUT2D eigenvalue weighted by Crippen LogP contribution is -2.06. The molecule has 0 heterocycles. The number of carbonyl (C=O) groups is 1. The van der Waals surface area contributed by atoms with Gasteiger partial charge in [-0.25, -0.2) is 4.79 Å². The van der Waals surface area contributed by atoms with Crippen LogP contribution < -0.4 is 0 Å². The standard InChI is InChI=1S/C17H19ClO3/c1-12(2)6-5-7-13-10-14(18)8-9-15(13)16(11-20-3)17(19)21-4/h8-12H,6H2,1-4H3/b16-11+. The van der Waals surface area contributed by atoms with E-state index in [0.717, 1.165) is 6.42 Å². The van der Waals surface area contributed by atoms with Crippen LogP contribution in [-0.2, 0) is 14.3 Å². The molecule has 0 saturated carbocycles.